The zero-order valence-corrected chi connectivity index (χ0v) is 17.0. The molecule has 2 aromatic rings. The number of likely N-dealkylation sites (tertiary alicyclic amines) is 1. The van der Waals surface area contributed by atoms with Gasteiger partial charge in [0, 0.05) is 17.3 Å². The highest BCUT2D eigenvalue weighted by Gasteiger charge is 2.33. The standard InChI is InChI=1S/C21H28N4O2S/c22-17(26)11-13-3-8-16-18(13)19-20(23-12-24-21(19)28-16)27-15-6-4-14(5-7-15)25-9-1-2-10-25/h12-15H,1-11H2,(H2,22,26)/t13-,14-,15-/m1/s1. The van der Waals surface area contributed by atoms with Crippen LogP contribution in [0.1, 0.15) is 67.7 Å². The van der Waals surface area contributed by atoms with Gasteiger partial charge in [-0.25, -0.2) is 9.97 Å². The second kappa shape index (κ2) is 7.59. The summed E-state index contributed by atoms with van der Waals surface area (Å²) in [6.45, 7) is 2.54. The Morgan fingerprint density at radius 2 is 1.96 bits per heavy atom. The number of thiophene rings is 1. The lowest BCUT2D eigenvalue weighted by atomic mass is 9.92. The lowest BCUT2D eigenvalue weighted by Gasteiger charge is -2.34. The first kappa shape index (κ1) is 18.3. The van der Waals surface area contributed by atoms with Gasteiger partial charge in [0.05, 0.1) is 5.39 Å². The van der Waals surface area contributed by atoms with E-state index in [-0.39, 0.29) is 17.9 Å². The van der Waals surface area contributed by atoms with Gasteiger partial charge in [0.2, 0.25) is 11.8 Å². The molecule has 1 amide bonds. The molecule has 7 heteroatoms. The van der Waals surface area contributed by atoms with Gasteiger partial charge in [0.25, 0.3) is 0 Å². The van der Waals surface area contributed by atoms with E-state index in [1.54, 1.807) is 17.7 Å². The average Bonchev–Trinajstić information content (AvgIpc) is 3.40. The second-order valence-corrected chi connectivity index (χ2v) is 9.58. The molecule has 6 nitrogen and oxygen atoms in total. The van der Waals surface area contributed by atoms with Crippen molar-refractivity contribution in [1.82, 2.24) is 14.9 Å². The third-order valence-corrected chi connectivity index (χ3v) is 7.90. The van der Waals surface area contributed by atoms with Crippen LogP contribution in [0.5, 0.6) is 5.88 Å². The van der Waals surface area contributed by atoms with Crippen molar-refractivity contribution in [3.8, 4) is 5.88 Å². The van der Waals surface area contributed by atoms with Crippen LogP contribution in [0, 0.1) is 0 Å². The van der Waals surface area contributed by atoms with Crippen molar-refractivity contribution >= 4 is 27.5 Å². The number of carbonyl (C=O) groups excluding carboxylic acids is 1. The Kier molecular flexibility index (Phi) is 4.97. The summed E-state index contributed by atoms with van der Waals surface area (Å²) in [7, 11) is 0. The Morgan fingerprint density at radius 3 is 2.71 bits per heavy atom. The summed E-state index contributed by atoms with van der Waals surface area (Å²) in [5.74, 6) is 0.653. The molecule has 2 aliphatic carbocycles. The quantitative estimate of drug-likeness (QED) is 0.832. The summed E-state index contributed by atoms with van der Waals surface area (Å²) in [4.78, 5) is 25.5. The van der Waals surface area contributed by atoms with Crippen LogP contribution in [-0.4, -0.2) is 46.0 Å². The molecule has 0 radical (unpaired) electrons. The number of hydrogen-bond donors (Lipinski definition) is 1. The first-order chi connectivity index (χ1) is 13.7. The highest BCUT2D eigenvalue weighted by molar-refractivity contribution is 7.19. The number of amides is 1. The van der Waals surface area contributed by atoms with Crippen LogP contribution in [0.3, 0.4) is 0 Å². The maximum Gasteiger partial charge on any atom is 0.225 e. The van der Waals surface area contributed by atoms with Gasteiger partial charge in [0.1, 0.15) is 17.3 Å². The Bertz CT molecular complexity index is 869. The van der Waals surface area contributed by atoms with Crippen LogP contribution in [0.2, 0.25) is 0 Å². The van der Waals surface area contributed by atoms with Crippen molar-refractivity contribution in [2.24, 2.45) is 5.73 Å². The molecule has 1 aliphatic heterocycles. The highest BCUT2D eigenvalue weighted by atomic mass is 32.1. The fraction of sp³-hybridized carbons (Fsp3) is 0.667. The number of hydrogen-bond acceptors (Lipinski definition) is 6. The lowest BCUT2D eigenvalue weighted by Crippen LogP contribution is -2.38. The van der Waals surface area contributed by atoms with E-state index in [0.29, 0.717) is 12.3 Å². The topological polar surface area (TPSA) is 81.3 Å². The number of rotatable bonds is 5. The number of carbonyl (C=O) groups is 1. The van der Waals surface area contributed by atoms with Crippen LogP contribution in [0.4, 0.5) is 0 Å². The molecular weight excluding hydrogens is 372 g/mol. The zero-order valence-electron chi connectivity index (χ0n) is 16.2. The first-order valence-electron chi connectivity index (χ1n) is 10.6. The Hall–Kier alpha value is -1.73. The SMILES string of the molecule is NC(=O)C[C@H]1CCc2sc3ncnc(O[C@H]4CC[C@H](N5CCCC5)CC4)c3c21. The first-order valence-corrected chi connectivity index (χ1v) is 11.5. The third kappa shape index (κ3) is 3.39. The average molecular weight is 401 g/mol. The monoisotopic (exact) mass is 400 g/mol. The summed E-state index contributed by atoms with van der Waals surface area (Å²) in [5.41, 5.74) is 6.71. The molecule has 2 aromatic heterocycles. The number of primary amides is 1. The minimum atomic E-state index is -0.239. The molecule has 1 atom stereocenters. The summed E-state index contributed by atoms with van der Waals surface area (Å²) in [6, 6.07) is 0.734. The summed E-state index contributed by atoms with van der Waals surface area (Å²) >= 11 is 1.72. The van der Waals surface area contributed by atoms with E-state index in [9.17, 15) is 4.79 Å². The van der Waals surface area contributed by atoms with Crippen LogP contribution in [0.25, 0.3) is 10.2 Å². The molecule has 0 bridgehead atoms. The van der Waals surface area contributed by atoms with E-state index >= 15 is 0 Å². The number of nitrogens with zero attached hydrogens (tertiary/aromatic N) is 3. The highest BCUT2D eigenvalue weighted by Crippen LogP contribution is 2.47. The predicted molar refractivity (Wildman–Crippen MR) is 110 cm³/mol. The Balaban J connectivity index is 1.34. The Labute approximate surface area is 169 Å². The van der Waals surface area contributed by atoms with Crippen LogP contribution in [-0.2, 0) is 11.2 Å². The maximum atomic E-state index is 11.5. The van der Waals surface area contributed by atoms with E-state index in [1.165, 1.54) is 49.2 Å². The molecule has 28 heavy (non-hydrogen) atoms. The summed E-state index contributed by atoms with van der Waals surface area (Å²) in [5, 5.41) is 1.04. The number of aryl methyl sites for hydroxylation is 1. The fourth-order valence-electron chi connectivity index (χ4n) is 5.37. The minimum absolute atomic E-state index is 0.181. The molecule has 0 spiro atoms. The van der Waals surface area contributed by atoms with Gasteiger partial charge >= 0.3 is 0 Å². The molecule has 3 aliphatic rings. The lowest BCUT2D eigenvalue weighted by molar-refractivity contribution is -0.118. The van der Waals surface area contributed by atoms with E-state index < -0.39 is 0 Å². The molecule has 1 saturated carbocycles. The van der Waals surface area contributed by atoms with Gasteiger partial charge in [0.15, 0.2) is 0 Å². The van der Waals surface area contributed by atoms with Crippen molar-refractivity contribution in [2.45, 2.75) is 75.9 Å². The molecule has 0 unspecified atom stereocenters. The molecule has 2 fully saturated rings. The van der Waals surface area contributed by atoms with Crippen molar-refractivity contribution in [2.75, 3.05) is 13.1 Å². The summed E-state index contributed by atoms with van der Waals surface area (Å²) in [6.07, 6.45) is 11.5. The molecule has 0 aromatic carbocycles. The van der Waals surface area contributed by atoms with Crippen LogP contribution in [0.15, 0.2) is 6.33 Å². The second-order valence-electron chi connectivity index (χ2n) is 8.50. The van der Waals surface area contributed by atoms with Crippen LogP contribution < -0.4 is 10.5 Å². The number of fused-ring (bicyclic) bond motifs is 3. The van der Waals surface area contributed by atoms with E-state index in [0.717, 1.165) is 41.9 Å². The zero-order chi connectivity index (χ0) is 19.1. The Morgan fingerprint density at radius 1 is 1.18 bits per heavy atom. The molecule has 5 rings (SSSR count). The number of aromatic nitrogens is 2. The minimum Gasteiger partial charge on any atom is -0.474 e. The van der Waals surface area contributed by atoms with Crippen molar-refractivity contribution in [3.63, 3.8) is 0 Å². The van der Waals surface area contributed by atoms with Gasteiger partial charge in [-0.15, -0.1) is 11.3 Å². The summed E-state index contributed by atoms with van der Waals surface area (Å²) < 4.78 is 6.44. The van der Waals surface area contributed by atoms with Crippen molar-refractivity contribution in [3.05, 3.63) is 16.8 Å². The normalized spacial score (nSPS) is 27.9. The van der Waals surface area contributed by atoms with Gasteiger partial charge in [-0.3, -0.25) is 4.79 Å². The van der Waals surface area contributed by atoms with Crippen LogP contribution >= 0.6 is 11.3 Å². The number of nitrogens with two attached hydrogens (primary N) is 1. The van der Waals surface area contributed by atoms with Gasteiger partial charge in [-0.2, -0.15) is 0 Å². The maximum absolute atomic E-state index is 11.5. The molecule has 2 N–H and O–H groups in total. The van der Waals surface area contributed by atoms with Crippen molar-refractivity contribution < 1.29 is 9.53 Å². The van der Waals surface area contributed by atoms with Crippen molar-refractivity contribution in [1.29, 1.82) is 0 Å². The fourth-order valence-corrected chi connectivity index (χ4v) is 6.60. The molecule has 1 saturated heterocycles. The third-order valence-electron chi connectivity index (χ3n) is 6.72. The largest absolute Gasteiger partial charge is 0.474 e. The predicted octanol–water partition coefficient (Wildman–Crippen LogP) is 3.38. The molecular formula is C21H28N4O2S. The van der Waals surface area contributed by atoms with Gasteiger partial charge in [-0.05, 0) is 75.9 Å². The van der Waals surface area contributed by atoms with E-state index in [1.807, 2.05) is 0 Å². The molecule has 150 valence electrons. The van der Waals surface area contributed by atoms with Gasteiger partial charge < -0.3 is 15.4 Å². The molecule has 3 heterocycles. The smallest absolute Gasteiger partial charge is 0.225 e. The van der Waals surface area contributed by atoms with E-state index in [4.69, 9.17) is 10.5 Å². The number of ether oxygens (including phenoxy) is 1. The van der Waals surface area contributed by atoms with Gasteiger partial charge in [-0.1, -0.05) is 0 Å². The van der Waals surface area contributed by atoms with E-state index in [2.05, 4.69) is 14.9 Å².